The summed E-state index contributed by atoms with van der Waals surface area (Å²) in [7, 11) is 0. The summed E-state index contributed by atoms with van der Waals surface area (Å²) >= 11 is 27.6. The molecule has 0 bridgehead atoms. The topological polar surface area (TPSA) is 67.4 Å². The molecule has 1 rings (SSSR count). The smallest absolute Gasteiger partial charge is 0.290 e. The van der Waals surface area contributed by atoms with Crippen molar-refractivity contribution in [3.05, 3.63) is 28.2 Å². The average molecular weight is 408 g/mol. The van der Waals surface area contributed by atoms with Crippen LogP contribution in [-0.4, -0.2) is 22.2 Å². The Morgan fingerprint density at radius 1 is 1.14 bits per heavy atom. The Bertz CT molecular complexity index is 548. The van der Waals surface area contributed by atoms with Gasteiger partial charge in [0.05, 0.1) is 11.6 Å². The highest BCUT2D eigenvalue weighted by Crippen LogP contribution is 2.27. The van der Waals surface area contributed by atoms with Crippen LogP contribution in [0.4, 0.5) is 0 Å². The molecule has 1 aromatic carbocycles. The van der Waals surface area contributed by atoms with Gasteiger partial charge in [-0.1, -0.05) is 58.0 Å². The highest BCUT2D eigenvalue weighted by atomic mass is 35.6. The zero-order chi connectivity index (χ0) is 16.8. The molecule has 0 aliphatic heterocycles. The van der Waals surface area contributed by atoms with Crippen molar-refractivity contribution in [2.75, 3.05) is 6.61 Å². The first-order valence-corrected chi connectivity index (χ1v) is 7.83. The summed E-state index contributed by atoms with van der Waals surface area (Å²) in [5.41, 5.74) is 4.10. The van der Waals surface area contributed by atoms with Crippen LogP contribution in [0.1, 0.15) is 12.8 Å². The van der Waals surface area contributed by atoms with Crippen LogP contribution < -0.4 is 15.6 Å². The van der Waals surface area contributed by atoms with E-state index in [4.69, 9.17) is 62.7 Å². The van der Waals surface area contributed by atoms with E-state index in [0.717, 1.165) is 0 Å². The Balaban J connectivity index is 2.24. The van der Waals surface area contributed by atoms with Crippen LogP contribution in [0.5, 0.6) is 5.75 Å². The van der Waals surface area contributed by atoms with Crippen LogP contribution >= 0.6 is 58.0 Å². The number of hydrogen-bond acceptors (Lipinski definition) is 3. The Morgan fingerprint density at radius 2 is 1.82 bits per heavy atom. The number of hydrazine groups is 1. The molecule has 0 saturated carbocycles. The average Bonchev–Trinajstić information content (AvgIpc) is 2.41. The van der Waals surface area contributed by atoms with E-state index in [1.165, 1.54) is 0 Å². The molecule has 0 radical (unpaired) electrons. The highest BCUT2D eigenvalue weighted by Gasteiger charge is 2.30. The summed E-state index contributed by atoms with van der Waals surface area (Å²) in [6.07, 6.45) is 0.500. The second kappa shape index (κ2) is 8.89. The standard InChI is InChI=1S/C12H11Cl5N2O3/c13-7-3-4-9(8(14)6-7)22-5-1-2-10(20)18-19-11(21)12(15,16)17/h3-4,6H,1-2,5H2,(H,18,20)(H,19,21). The molecule has 0 heterocycles. The molecule has 0 fully saturated rings. The highest BCUT2D eigenvalue weighted by molar-refractivity contribution is 6.76. The van der Waals surface area contributed by atoms with Crippen LogP contribution in [-0.2, 0) is 9.59 Å². The number of ether oxygens (including phenoxy) is 1. The van der Waals surface area contributed by atoms with Gasteiger partial charge in [-0.15, -0.1) is 0 Å². The molecule has 122 valence electrons. The van der Waals surface area contributed by atoms with Gasteiger partial charge < -0.3 is 4.74 Å². The SMILES string of the molecule is O=C(CCCOc1ccc(Cl)cc1Cl)NNC(=O)C(Cl)(Cl)Cl. The van der Waals surface area contributed by atoms with Gasteiger partial charge in [0.25, 0.3) is 9.70 Å². The van der Waals surface area contributed by atoms with Crippen molar-refractivity contribution in [1.82, 2.24) is 10.9 Å². The lowest BCUT2D eigenvalue weighted by molar-refractivity contribution is -0.128. The third-order valence-corrected chi connectivity index (χ3v) is 3.32. The molecule has 5 nitrogen and oxygen atoms in total. The summed E-state index contributed by atoms with van der Waals surface area (Å²) in [5.74, 6) is -0.931. The number of halogens is 5. The minimum Gasteiger partial charge on any atom is -0.492 e. The Hall–Kier alpha value is -0.590. The number of benzene rings is 1. The number of rotatable bonds is 5. The predicted octanol–water partition coefficient (Wildman–Crippen LogP) is 3.67. The Labute approximate surface area is 152 Å². The van der Waals surface area contributed by atoms with Gasteiger partial charge in [0, 0.05) is 11.4 Å². The molecule has 1 aromatic rings. The van der Waals surface area contributed by atoms with Crippen LogP contribution in [0.15, 0.2) is 18.2 Å². The van der Waals surface area contributed by atoms with E-state index < -0.39 is 15.6 Å². The van der Waals surface area contributed by atoms with Gasteiger partial charge in [0.15, 0.2) is 0 Å². The fraction of sp³-hybridized carbons (Fsp3) is 0.333. The first kappa shape index (κ1) is 19.5. The molecule has 0 atom stereocenters. The number of amides is 2. The molecule has 2 amide bonds. The van der Waals surface area contributed by atoms with Crippen LogP contribution in [0, 0.1) is 0 Å². The number of hydrogen-bond donors (Lipinski definition) is 2. The number of alkyl halides is 3. The molecule has 10 heteroatoms. The van der Waals surface area contributed by atoms with Gasteiger partial charge >= 0.3 is 0 Å². The van der Waals surface area contributed by atoms with E-state index in [-0.39, 0.29) is 13.0 Å². The fourth-order valence-electron chi connectivity index (χ4n) is 1.27. The zero-order valence-electron chi connectivity index (χ0n) is 11.0. The van der Waals surface area contributed by atoms with Gasteiger partial charge in [-0.25, -0.2) is 0 Å². The molecule has 0 unspecified atom stereocenters. The van der Waals surface area contributed by atoms with E-state index in [1.807, 2.05) is 5.43 Å². The van der Waals surface area contributed by atoms with Crippen molar-refractivity contribution in [2.45, 2.75) is 16.6 Å². The number of carbonyl (C=O) groups excluding carboxylic acids is 2. The van der Waals surface area contributed by atoms with Crippen molar-refractivity contribution in [1.29, 1.82) is 0 Å². The largest absolute Gasteiger partial charge is 0.492 e. The van der Waals surface area contributed by atoms with Crippen molar-refractivity contribution >= 4 is 69.8 Å². The lowest BCUT2D eigenvalue weighted by Gasteiger charge is -2.12. The molecule has 22 heavy (non-hydrogen) atoms. The lowest BCUT2D eigenvalue weighted by Crippen LogP contribution is -2.46. The Morgan fingerprint density at radius 3 is 2.41 bits per heavy atom. The van der Waals surface area contributed by atoms with Gasteiger partial charge in [-0.2, -0.15) is 0 Å². The third kappa shape index (κ3) is 7.11. The van der Waals surface area contributed by atoms with E-state index >= 15 is 0 Å². The van der Waals surface area contributed by atoms with E-state index in [0.29, 0.717) is 22.2 Å². The predicted molar refractivity (Wildman–Crippen MR) is 87.8 cm³/mol. The summed E-state index contributed by atoms with van der Waals surface area (Å²) in [6.45, 7) is 0.257. The quantitative estimate of drug-likeness (QED) is 0.444. The van der Waals surface area contributed by atoms with Crippen LogP contribution in [0.2, 0.25) is 10.0 Å². The van der Waals surface area contributed by atoms with Crippen LogP contribution in [0.25, 0.3) is 0 Å². The maximum atomic E-state index is 11.4. The molecule has 0 aliphatic carbocycles. The minimum atomic E-state index is -2.14. The molecule has 2 N–H and O–H groups in total. The van der Waals surface area contributed by atoms with Crippen LogP contribution in [0.3, 0.4) is 0 Å². The first-order valence-electron chi connectivity index (χ1n) is 5.94. The molecule has 0 spiro atoms. The molecule has 0 saturated heterocycles. The summed E-state index contributed by atoms with van der Waals surface area (Å²) in [6, 6.07) is 4.82. The molecule has 0 aromatic heterocycles. The zero-order valence-corrected chi connectivity index (χ0v) is 14.7. The first-order chi connectivity index (χ1) is 10.2. The van der Waals surface area contributed by atoms with Gasteiger partial charge in [-0.05, 0) is 24.6 Å². The molecule has 0 aliphatic rings. The number of nitrogens with one attached hydrogen (secondary N) is 2. The monoisotopic (exact) mass is 406 g/mol. The Kier molecular flexibility index (Phi) is 7.86. The normalized spacial score (nSPS) is 11.0. The second-order valence-corrected chi connectivity index (χ2v) is 7.15. The third-order valence-electron chi connectivity index (χ3n) is 2.27. The molecular formula is C12H11Cl5N2O3. The maximum Gasteiger partial charge on any atom is 0.290 e. The van der Waals surface area contributed by atoms with E-state index in [1.54, 1.807) is 18.2 Å². The number of carbonyl (C=O) groups is 2. The molecular weight excluding hydrogens is 397 g/mol. The van der Waals surface area contributed by atoms with Gasteiger partial charge in [0.2, 0.25) is 5.91 Å². The summed E-state index contributed by atoms with van der Waals surface area (Å²) in [5, 5.41) is 0.883. The maximum absolute atomic E-state index is 11.4. The van der Waals surface area contributed by atoms with Gasteiger partial charge in [-0.3, -0.25) is 20.4 Å². The van der Waals surface area contributed by atoms with Gasteiger partial charge in [0.1, 0.15) is 5.75 Å². The van der Waals surface area contributed by atoms with Crippen molar-refractivity contribution < 1.29 is 14.3 Å². The van der Waals surface area contributed by atoms with E-state index in [9.17, 15) is 9.59 Å². The van der Waals surface area contributed by atoms with Crippen molar-refractivity contribution in [3.63, 3.8) is 0 Å². The van der Waals surface area contributed by atoms with Crippen molar-refractivity contribution in [2.24, 2.45) is 0 Å². The van der Waals surface area contributed by atoms with Crippen molar-refractivity contribution in [3.8, 4) is 5.75 Å². The summed E-state index contributed by atoms with van der Waals surface area (Å²) in [4.78, 5) is 22.6. The fourth-order valence-corrected chi connectivity index (χ4v) is 1.87. The lowest BCUT2D eigenvalue weighted by atomic mass is 10.3. The second-order valence-electron chi connectivity index (χ2n) is 4.03. The van der Waals surface area contributed by atoms with E-state index in [2.05, 4.69) is 5.43 Å². The summed E-state index contributed by atoms with van der Waals surface area (Å²) < 4.78 is 3.26. The minimum absolute atomic E-state index is 0.103.